The number of ether oxygens (including phenoxy) is 1. The minimum Gasteiger partial charge on any atom is -0.444 e. The lowest BCUT2D eigenvalue weighted by Gasteiger charge is -2.31. The molecule has 1 aliphatic carbocycles. The molecule has 0 aromatic carbocycles. The molecule has 0 radical (unpaired) electrons. The van der Waals surface area contributed by atoms with Gasteiger partial charge in [0.1, 0.15) is 5.60 Å². The van der Waals surface area contributed by atoms with E-state index in [0.717, 1.165) is 19.4 Å². The highest BCUT2D eigenvalue weighted by Crippen LogP contribution is 2.40. The van der Waals surface area contributed by atoms with Crippen molar-refractivity contribution in [2.24, 2.45) is 5.92 Å². The number of rotatable bonds is 0. The van der Waals surface area contributed by atoms with Crippen molar-refractivity contribution in [1.82, 2.24) is 4.90 Å². The van der Waals surface area contributed by atoms with Crippen LogP contribution in [0.15, 0.2) is 0 Å². The Hall–Kier alpha value is -0.380. The molecule has 0 aromatic rings. The highest BCUT2D eigenvalue weighted by molar-refractivity contribution is 7.81. The van der Waals surface area contributed by atoms with E-state index in [1.165, 1.54) is 0 Å². The third-order valence-electron chi connectivity index (χ3n) is 3.13. The lowest BCUT2D eigenvalue weighted by atomic mass is 10.1. The fraction of sp³-hybridized carbons (Fsp3) is 0.909. The number of hydrogen-bond acceptors (Lipinski definition) is 3. The molecule has 1 aliphatic heterocycles. The van der Waals surface area contributed by atoms with Crippen molar-refractivity contribution >= 4 is 18.7 Å². The molecule has 15 heavy (non-hydrogen) atoms. The Morgan fingerprint density at radius 3 is 2.47 bits per heavy atom. The van der Waals surface area contributed by atoms with E-state index in [1.54, 1.807) is 0 Å². The maximum Gasteiger partial charge on any atom is 0.410 e. The Kier molecular flexibility index (Phi) is 2.65. The predicted molar refractivity (Wildman–Crippen MR) is 62.2 cm³/mol. The Labute approximate surface area is 96.6 Å². The number of likely N-dealkylation sites (tertiary alicyclic amines) is 1. The maximum absolute atomic E-state index is 11.8. The third-order valence-corrected chi connectivity index (χ3v) is 3.76. The molecule has 3 atom stereocenters. The van der Waals surface area contributed by atoms with Crippen molar-refractivity contribution in [3.63, 3.8) is 0 Å². The molecule has 0 N–H and O–H groups in total. The van der Waals surface area contributed by atoms with Crippen LogP contribution in [-0.4, -0.2) is 34.4 Å². The molecule has 1 saturated heterocycles. The number of carbonyl (C=O) groups is 1. The standard InChI is InChI=1S/C11H19NO2S/c1-11(2,3)14-10(13)12-6-7-4-8(12)5-9(7)15/h7-9,15H,4-6H2,1-3H3. The summed E-state index contributed by atoms with van der Waals surface area (Å²) in [6.07, 6.45) is 1.97. The van der Waals surface area contributed by atoms with Crippen molar-refractivity contribution in [3.8, 4) is 0 Å². The number of carbonyl (C=O) groups excluding carboxylic acids is 1. The van der Waals surface area contributed by atoms with Crippen LogP contribution in [0.1, 0.15) is 33.6 Å². The average Bonchev–Trinajstić information content (AvgIpc) is 2.58. The van der Waals surface area contributed by atoms with E-state index >= 15 is 0 Å². The zero-order valence-electron chi connectivity index (χ0n) is 9.56. The number of nitrogens with zero attached hydrogens (tertiary/aromatic N) is 1. The number of fused-ring (bicyclic) bond motifs is 2. The monoisotopic (exact) mass is 229 g/mol. The molecule has 0 aromatic heterocycles. The molecule has 86 valence electrons. The van der Waals surface area contributed by atoms with Gasteiger partial charge < -0.3 is 9.64 Å². The van der Waals surface area contributed by atoms with E-state index in [4.69, 9.17) is 4.74 Å². The van der Waals surface area contributed by atoms with Gasteiger partial charge in [0.2, 0.25) is 0 Å². The van der Waals surface area contributed by atoms with Crippen molar-refractivity contribution in [2.75, 3.05) is 6.54 Å². The van der Waals surface area contributed by atoms with Crippen LogP contribution in [0.5, 0.6) is 0 Å². The van der Waals surface area contributed by atoms with Gasteiger partial charge in [-0.1, -0.05) is 0 Å². The van der Waals surface area contributed by atoms with Crippen molar-refractivity contribution < 1.29 is 9.53 Å². The third kappa shape index (κ3) is 2.25. The van der Waals surface area contributed by atoms with Crippen molar-refractivity contribution in [1.29, 1.82) is 0 Å². The second kappa shape index (κ2) is 3.58. The molecule has 2 rings (SSSR count). The van der Waals surface area contributed by atoms with Crippen LogP contribution in [0, 0.1) is 5.92 Å². The molecule has 2 bridgehead atoms. The largest absolute Gasteiger partial charge is 0.444 e. The fourth-order valence-corrected chi connectivity index (χ4v) is 2.93. The van der Waals surface area contributed by atoms with Gasteiger partial charge in [0, 0.05) is 17.8 Å². The summed E-state index contributed by atoms with van der Waals surface area (Å²) in [5, 5.41) is 0.480. The fourth-order valence-electron chi connectivity index (χ4n) is 2.47. The van der Waals surface area contributed by atoms with Gasteiger partial charge in [-0.15, -0.1) is 0 Å². The van der Waals surface area contributed by atoms with Crippen LogP contribution in [0.25, 0.3) is 0 Å². The number of thiol groups is 1. The van der Waals surface area contributed by atoms with E-state index in [-0.39, 0.29) is 11.7 Å². The summed E-state index contributed by atoms with van der Waals surface area (Å²) in [7, 11) is 0. The van der Waals surface area contributed by atoms with Gasteiger partial charge in [-0.05, 0) is 39.5 Å². The van der Waals surface area contributed by atoms with Crippen LogP contribution in [0.2, 0.25) is 0 Å². The molecule has 1 saturated carbocycles. The summed E-state index contributed by atoms with van der Waals surface area (Å²) in [5.41, 5.74) is -0.390. The second-order valence-corrected chi connectivity index (χ2v) is 6.25. The van der Waals surface area contributed by atoms with E-state index in [9.17, 15) is 4.79 Å². The minimum atomic E-state index is -0.390. The maximum atomic E-state index is 11.8. The Bertz CT molecular complexity index is 272. The Morgan fingerprint density at radius 1 is 1.40 bits per heavy atom. The van der Waals surface area contributed by atoms with E-state index in [0.29, 0.717) is 17.2 Å². The van der Waals surface area contributed by atoms with E-state index in [2.05, 4.69) is 12.6 Å². The molecule has 3 unspecified atom stereocenters. The van der Waals surface area contributed by atoms with Crippen molar-refractivity contribution in [2.45, 2.75) is 50.5 Å². The number of piperidine rings is 1. The van der Waals surface area contributed by atoms with Crippen LogP contribution < -0.4 is 0 Å². The number of amides is 1. The first-order valence-corrected chi connectivity index (χ1v) is 6.06. The molecular formula is C11H19NO2S. The average molecular weight is 229 g/mol. The normalized spacial score (nSPS) is 34.7. The Morgan fingerprint density at radius 2 is 2.07 bits per heavy atom. The first-order chi connectivity index (χ1) is 6.87. The molecule has 0 spiro atoms. The highest BCUT2D eigenvalue weighted by Gasteiger charge is 2.46. The van der Waals surface area contributed by atoms with Crippen molar-refractivity contribution in [3.05, 3.63) is 0 Å². The van der Waals surface area contributed by atoms with Gasteiger partial charge in [0.05, 0.1) is 0 Å². The van der Waals surface area contributed by atoms with Gasteiger partial charge >= 0.3 is 6.09 Å². The topological polar surface area (TPSA) is 29.5 Å². The SMILES string of the molecule is CC(C)(C)OC(=O)N1CC2CC1CC2S. The van der Waals surface area contributed by atoms with Crippen LogP contribution in [0.4, 0.5) is 4.79 Å². The zero-order valence-corrected chi connectivity index (χ0v) is 10.5. The first-order valence-electron chi connectivity index (χ1n) is 5.54. The van der Waals surface area contributed by atoms with Gasteiger partial charge in [-0.25, -0.2) is 4.79 Å². The molecular weight excluding hydrogens is 210 g/mol. The van der Waals surface area contributed by atoms with Gasteiger partial charge in [-0.2, -0.15) is 12.6 Å². The molecule has 3 nitrogen and oxygen atoms in total. The van der Waals surface area contributed by atoms with Crippen LogP contribution >= 0.6 is 12.6 Å². The van der Waals surface area contributed by atoms with Gasteiger partial charge in [0.25, 0.3) is 0 Å². The first kappa shape index (κ1) is 11.1. The number of hydrogen-bond donors (Lipinski definition) is 1. The summed E-state index contributed by atoms with van der Waals surface area (Å²) in [6.45, 7) is 6.54. The Balaban J connectivity index is 1.94. The summed E-state index contributed by atoms with van der Waals surface area (Å²) in [4.78, 5) is 13.7. The second-order valence-electron chi connectivity index (χ2n) is 5.59. The quantitative estimate of drug-likeness (QED) is 0.646. The molecule has 1 amide bonds. The van der Waals surface area contributed by atoms with Gasteiger partial charge in [-0.3, -0.25) is 0 Å². The molecule has 1 heterocycles. The lowest BCUT2D eigenvalue weighted by molar-refractivity contribution is 0.0194. The van der Waals surface area contributed by atoms with Gasteiger partial charge in [0.15, 0.2) is 0 Å². The molecule has 4 heteroatoms. The smallest absolute Gasteiger partial charge is 0.410 e. The molecule has 2 fully saturated rings. The van der Waals surface area contributed by atoms with Crippen LogP contribution in [0.3, 0.4) is 0 Å². The van der Waals surface area contributed by atoms with E-state index < -0.39 is 0 Å². The summed E-state index contributed by atoms with van der Waals surface area (Å²) in [5.74, 6) is 0.575. The lowest BCUT2D eigenvalue weighted by Crippen LogP contribution is -2.43. The van der Waals surface area contributed by atoms with Crippen LogP contribution in [-0.2, 0) is 4.74 Å². The zero-order chi connectivity index (χ0) is 11.2. The summed E-state index contributed by atoms with van der Waals surface area (Å²) >= 11 is 4.51. The predicted octanol–water partition coefficient (Wildman–Crippen LogP) is 2.31. The highest BCUT2D eigenvalue weighted by atomic mass is 32.1. The van der Waals surface area contributed by atoms with E-state index in [1.807, 2.05) is 25.7 Å². The summed E-state index contributed by atoms with van der Waals surface area (Å²) < 4.78 is 5.37. The minimum absolute atomic E-state index is 0.157. The molecule has 2 aliphatic rings. The summed E-state index contributed by atoms with van der Waals surface area (Å²) in [6, 6.07) is 0.368.